The number of nitrogens with one attached hydrogen (secondary N) is 1. The van der Waals surface area contributed by atoms with Crippen molar-refractivity contribution in [1.29, 1.82) is 5.26 Å². The van der Waals surface area contributed by atoms with E-state index in [0.29, 0.717) is 11.3 Å². The van der Waals surface area contributed by atoms with Crippen molar-refractivity contribution in [2.45, 2.75) is 13.8 Å². The molecule has 0 aliphatic rings. The van der Waals surface area contributed by atoms with Crippen molar-refractivity contribution in [1.82, 2.24) is 15.2 Å². The van der Waals surface area contributed by atoms with Gasteiger partial charge in [0.15, 0.2) is 5.69 Å². The molecule has 154 valence electrons. The van der Waals surface area contributed by atoms with Crippen LogP contribution in [0.5, 0.6) is 0 Å². The Morgan fingerprint density at radius 1 is 1.26 bits per heavy atom. The van der Waals surface area contributed by atoms with Gasteiger partial charge in [0.1, 0.15) is 11.6 Å². The molecule has 0 unspecified atom stereocenters. The Morgan fingerprint density at radius 3 is 2.58 bits per heavy atom. The summed E-state index contributed by atoms with van der Waals surface area (Å²) < 4.78 is 1.01. The number of amides is 1. The van der Waals surface area contributed by atoms with E-state index in [2.05, 4.69) is 15.6 Å². The number of nitro benzene ring substituents is 1. The van der Waals surface area contributed by atoms with Crippen molar-refractivity contribution in [3.05, 3.63) is 96.9 Å². The third-order valence-electron chi connectivity index (χ3n) is 4.39. The van der Waals surface area contributed by atoms with E-state index >= 15 is 0 Å². The minimum absolute atomic E-state index is 0.0663. The van der Waals surface area contributed by atoms with E-state index in [1.54, 1.807) is 18.2 Å². The second-order valence-corrected chi connectivity index (χ2v) is 6.56. The SMILES string of the molecule is Cc1cccc(-n2nc(C(=O)N/N=C/c3ccc([N+](=O)[O-])cc3)c(C)c(C#N)c2=O)c1. The number of hydrogen-bond acceptors (Lipinski definition) is 7. The van der Waals surface area contributed by atoms with Gasteiger partial charge in [0.25, 0.3) is 17.2 Å². The number of benzene rings is 2. The predicted molar refractivity (Wildman–Crippen MR) is 112 cm³/mol. The highest BCUT2D eigenvalue weighted by Gasteiger charge is 2.20. The molecule has 1 N–H and O–H groups in total. The van der Waals surface area contributed by atoms with Crippen LogP contribution in [0, 0.1) is 35.3 Å². The Labute approximate surface area is 176 Å². The van der Waals surface area contributed by atoms with Crippen LogP contribution in [0.25, 0.3) is 5.69 Å². The van der Waals surface area contributed by atoms with E-state index in [9.17, 15) is 25.0 Å². The molecule has 2 aromatic carbocycles. The Bertz CT molecular complexity index is 1300. The van der Waals surface area contributed by atoms with Gasteiger partial charge in [0.2, 0.25) is 0 Å². The molecule has 0 saturated heterocycles. The summed E-state index contributed by atoms with van der Waals surface area (Å²) in [6.07, 6.45) is 1.30. The van der Waals surface area contributed by atoms with Crippen molar-refractivity contribution in [2.75, 3.05) is 0 Å². The van der Waals surface area contributed by atoms with E-state index < -0.39 is 16.4 Å². The molecule has 1 amide bonds. The van der Waals surface area contributed by atoms with Gasteiger partial charge in [-0.2, -0.15) is 20.1 Å². The lowest BCUT2D eigenvalue weighted by atomic mass is 10.1. The lowest BCUT2D eigenvalue weighted by molar-refractivity contribution is -0.384. The van der Waals surface area contributed by atoms with Crippen LogP contribution in [0.1, 0.15) is 32.7 Å². The summed E-state index contributed by atoms with van der Waals surface area (Å²) in [4.78, 5) is 35.4. The minimum Gasteiger partial charge on any atom is -0.266 e. The number of carbonyl (C=O) groups excluding carboxylic acids is 1. The quantitative estimate of drug-likeness (QED) is 0.384. The highest BCUT2D eigenvalue weighted by atomic mass is 16.6. The van der Waals surface area contributed by atoms with Crippen molar-refractivity contribution in [3.63, 3.8) is 0 Å². The van der Waals surface area contributed by atoms with E-state index in [-0.39, 0.29) is 22.5 Å². The monoisotopic (exact) mass is 416 g/mol. The highest BCUT2D eigenvalue weighted by Crippen LogP contribution is 2.12. The first-order valence-corrected chi connectivity index (χ1v) is 9.00. The lowest BCUT2D eigenvalue weighted by Gasteiger charge is -2.11. The molecule has 3 rings (SSSR count). The van der Waals surface area contributed by atoms with Gasteiger partial charge in [-0.25, -0.2) is 5.43 Å². The minimum atomic E-state index is -0.714. The van der Waals surface area contributed by atoms with Crippen LogP contribution in [0.2, 0.25) is 0 Å². The number of aromatic nitrogens is 2. The van der Waals surface area contributed by atoms with Crippen molar-refractivity contribution in [3.8, 4) is 11.8 Å². The third kappa shape index (κ3) is 4.51. The molecule has 3 aromatic rings. The number of non-ortho nitro benzene ring substituents is 1. The molecule has 1 aromatic heterocycles. The van der Waals surface area contributed by atoms with Crippen LogP contribution in [-0.2, 0) is 0 Å². The van der Waals surface area contributed by atoms with Crippen LogP contribution in [0.4, 0.5) is 5.69 Å². The zero-order valence-corrected chi connectivity index (χ0v) is 16.6. The summed E-state index contributed by atoms with van der Waals surface area (Å²) in [7, 11) is 0. The number of aryl methyl sites for hydroxylation is 1. The molecule has 0 spiro atoms. The summed E-state index contributed by atoms with van der Waals surface area (Å²) in [6, 6.07) is 14.3. The standard InChI is InChI=1S/C21H16N6O4/c1-13-4-3-5-17(10-13)26-21(29)18(11-22)14(2)19(25-26)20(28)24-23-12-15-6-8-16(9-7-15)27(30)31/h3-10,12H,1-2H3,(H,24,28)/b23-12+. The highest BCUT2D eigenvalue weighted by molar-refractivity contribution is 5.94. The maximum atomic E-state index is 12.7. The summed E-state index contributed by atoms with van der Waals surface area (Å²) >= 11 is 0. The van der Waals surface area contributed by atoms with Crippen molar-refractivity contribution < 1.29 is 9.72 Å². The first kappa shape index (κ1) is 21.1. The van der Waals surface area contributed by atoms with Crippen LogP contribution in [0.15, 0.2) is 58.4 Å². The molecule has 10 heteroatoms. The van der Waals surface area contributed by atoms with Gasteiger partial charge in [-0.3, -0.25) is 19.7 Å². The molecule has 31 heavy (non-hydrogen) atoms. The first-order valence-electron chi connectivity index (χ1n) is 9.00. The van der Waals surface area contributed by atoms with Gasteiger partial charge in [0, 0.05) is 17.7 Å². The van der Waals surface area contributed by atoms with E-state index in [1.165, 1.54) is 37.4 Å². The van der Waals surface area contributed by atoms with Gasteiger partial charge in [-0.15, -0.1) is 0 Å². The molecule has 0 aliphatic carbocycles. The molecule has 10 nitrogen and oxygen atoms in total. The van der Waals surface area contributed by atoms with E-state index in [0.717, 1.165) is 10.2 Å². The van der Waals surface area contributed by atoms with E-state index in [1.807, 2.05) is 19.1 Å². The van der Waals surface area contributed by atoms with Crippen molar-refractivity contribution >= 4 is 17.8 Å². The Kier molecular flexibility index (Phi) is 5.97. The zero-order valence-electron chi connectivity index (χ0n) is 16.6. The smallest absolute Gasteiger partial charge is 0.266 e. The number of hydrogen-bond donors (Lipinski definition) is 1. The van der Waals surface area contributed by atoms with Gasteiger partial charge >= 0.3 is 0 Å². The number of nitro groups is 1. The van der Waals surface area contributed by atoms with Gasteiger partial charge in [-0.1, -0.05) is 12.1 Å². The second-order valence-electron chi connectivity index (χ2n) is 6.56. The fourth-order valence-electron chi connectivity index (χ4n) is 2.79. The summed E-state index contributed by atoms with van der Waals surface area (Å²) in [6.45, 7) is 3.30. The zero-order chi connectivity index (χ0) is 22.5. The Morgan fingerprint density at radius 2 is 1.97 bits per heavy atom. The third-order valence-corrected chi connectivity index (χ3v) is 4.39. The maximum Gasteiger partial charge on any atom is 0.292 e. The average molecular weight is 416 g/mol. The number of carbonyl (C=O) groups is 1. The van der Waals surface area contributed by atoms with Crippen LogP contribution in [-0.4, -0.2) is 26.8 Å². The number of hydrazone groups is 1. The summed E-state index contributed by atoms with van der Waals surface area (Å²) in [5.41, 5.74) is 3.25. The first-order chi connectivity index (χ1) is 14.8. The molecular formula is C21H16N6O4. The Hall–Kier alpha value is -4.65. The van der Waals surface area contributed by atoms with Crippen LogP contribution in [0.3, 0.4) is 0 Å². The summed E-state index contributed by atoms with van der Waals surface area (Å²) in [5, 5.41) is 28.1. The van der Waals surface area contributed by atoms with Gasteiger partial charge in [-0.05, 0) is 49.2 Å². The second kappa shape index (κ2) is 8.79. The summed E-state index contributed by atoms with van der Waals surface area (Å²) in [5.74, 6) is -0.714. The molecule has 0 saturated carbocycles. The molecule has 1 heterocycles. The largest absolute Gasteiger partial charge is 0.292 e. The maximum absolute atomic E-state index is 12.7. The number of rotatable bonds is 5. The fraction of sp³-hybridized carbons (Fsp3) is 0.0952. The predicted octanol–water partition coefficient (Wildman–Crippen LogP) is 2.39. The molecule has 0 fully saturated rings. The fourth-order valence-corrected chi connectivity index (χ4v) is 2.79. The molecule has 0 radical (unpaired) electrons. The number of nitriles is 1. The average Bonchev–Trinajstić information content (AvgIpc) is 2.74. The topological polar surface area (TPSA) is 143 Å². The van der Waals surface area contributed by atoms with Gasteiger partial charge < -0.3 is 0 Å². The lowest BCUT2D eigenvalue weighted by Crippen LogP contribution is -2.31. The Balaban J connectivity index is 1.91. The number of nitrogens with zero attached hydrogens (tertiary/aromatic N) is 5. The van der Waals surface area contributed by atoms with Crippen LogP contribution >= 0.6 is 0 Å². The van der Waals surface area contributed by atoms with E-state index in [4.69, 9.17) is 0 Å². The molecule has 0 aliphatic heterocycles. The molecule has 0 atom stereocenters. The van der Waals surface area contributed by atoms with Crippen LogP contribution < -0.4 is 11.0 Å². The molecular weight excluding hydrogens is 400 g/mol. The molecule has 0 bridgehead atoms. The van der Waals surface area contributed by atoms with Crippen molar-refractivity contribution in [2.24, 2.45) is 5.10 Å². The van der Waals surface area contributed by atoms with Gasteiger partial charge in [0.05, 0.1) is 16.8 Å². The normalized spacial score (nSPS) is 10.6.